The molecule has 0 aromatic carbocycles. The maximum atomic E-state index is 13.2. The van der Waals surface area contributed by atoms with Crippen LogP contribution in [0, 0.1) is 0 Å². The summed E-state index contributed by atoms with van der Waals surface area (Å²) >= 11 is 0. The van der Waals surface area contributed by atoms with Gasteiger partial charge in [0.05, 0.1) is 6.61 Å². The Kier molecular flexibility index (Phi) is 49.7. The van der Waals surface area contributed by atoms with Gasteiger partial charge in [-0.25, -0.2) is 4.79 Å². The minimum atomic E-state index is -1.91. The van der Waals surface area contributed by atoms with Gasteiger partial charge in [-0.05, 0) is 83.5 Å². The summed E-state index contributed by atoms with van der Waals surface area (Å²) in [5.74, 6) is -3.12. The Labute approximate surface area is 469 Å². The van der Waals surface area contributed by atoms with Crippen LogP contribution in [-0.2, 0) is 42.9 Å². The molecule has 6 unspecified atom stereocenters. The van der Waals surface area contributed by atoms with Crippen LogP contribution in [-0.4, -0.2) is 89.2 Å². The molecule has 0 spiro atoms. The molecule has 1 rings (SSSR count). The first-order chi connectivity index (χ1) is 37.6. The fraction of sp³-hybridized carbons (Fsp3) is 0.815. The smallest absolute Gasteiger partial charge is 0.335 e. The van der Waals surface area contributed by atoms with E-state index in [9.17, 15) is 34.5 Å². The third kappa shape index (κ3) is 43.2. The summed E-state index contributed by atoms with van der Waals surface area (Å²) in [5.41, 5.74) is 0. The lowest BCUT2D eigenvalue weighted by Gasteiger charge is -2.40. The van der Waals surface area contributed by atoms with Gasteiger partial charge in [-0.15, -0.1) is 0 Å². The molecular weight excluding hydrogens is 973 g/mol. The average molecular weight is 1090 g/mol. The van der Waals surface area contributed by atoms with Gasteiger partial charge in [0.2, 0.25) is 0 Å². The van der Waals surface area contributed by atoms with Gasteiger partial charge in [-0.3, -0.25) is 14.4 Å². The van der Waals surface area contributed by atoms with E-state index < -0.39 is 67.3 Å². The van der Waals surface area contributed by atoms with Crippen molar-refractivity contribution in [1.82, 2.24) is 0 Å². The molecule has 1 fully saturated rings. The molecule has 77 heavy (non-hydrogen) atoms. The fourth-order valence-corrected chi connectivity index (χ4v) is 9.49. The predicted octanol–water partition coefficient (Wildman–Crippen LogP) is 16.6. The minimum Gasteiger partial charge on any atom is -0.479 e. The van der Waals surface area contributed by atoms with Gasteiger partial charge in [0.25, 0.3) is 0 Å². The summed E-state index contributed by atoms with van der Waals surface area (Å²) in [6.07, 6.45) is 52.1. The van der Waals surface area contributed by atoms with Crippen LogP contribution in [0.25, 0.3) is 0 Å². The van der Waals surface area contributed by atoms with Gasteiger partial charge in [0.1, 0.15) is 18.8 Å². The van der Waals surface area contributed by atoms with E-state index in [1.165, 1.54) is 128 Å². The molecule has 0 amide bonds. The Morgan fingerprint density at radius 2 is 0.779 bits per heavy atom. The number of hydrogen-bond acceptors (Lipinski definition) is 11. The molecule has 1 aliphatic heterocycles. The number of rotatable bonds is 54. The number of aliphatic hydroxyl groups excluding tert-OH is 2. The van der Waals surface area contributed by atoms with Gasteiger partial charge in [0.15, 0.2) is 24.6 Å². The van der Waals surface area contributed by atoms with Gasteiger partial charge in [0, 0.05) is 19.3 Å². The van der Waals surface area contributed by atoms with E-state index in [0.29, 0.717) is 19.3 Å². The van der Waals surface area contributed by atoms with Crippen LogP contribution < -0.4 is 0 Å². The summed E-state index contributed by atoms with van der Waals surface area (Å²) < 4.78 is 28.5. The molecule has 1 heterocycles. The molecule has 0 aromatic rings. The third-order valence-electron chi connectivity index (χ3n) is 14.4. The van der Waals surface area contributed by atoms with Crippen molar-refractivity contribution in [2.45, 2.75) is 327 Å². The van der Waals surface area contributed by atoms with E-state index in [4.69, 9.17) is 23.7 Å². The van der Waals surface area contributed by atoms with E-state index in [2.05, 4.69) is 69.4 Å². The van der Waals surface area contributed by atoms with E-state index in [-0.39, 0.29) is 25.9 Å². The van der Waals surface area contributed by atoms with Gasteiger partial charge >= 0.3 is 23.9 Å². The number of hydrogen-bond donors (Lipinski definition) is 3. The van der Waals surface area contributed by atoms with Crippen LogP contribution >= 0.6 is 0 Å². The van der Waals surface area contributed by atoms with E-state index in [1.807, 2.05) is 0 Å². The summed E-state index contributed by atoms with van der Waals surface area (Å²) in [6.45, 7) is 5.96. The molecule has 6 atom stereocenters. The average Bonchev–Trinajstić information content (AvgIpc) is 3.42. The molecule has 0 bridgehead atoms. The zero-order valence-corrected chi connectivity index (χ0v) is 49.2. The molecule has 0 aromatic heterocycles. The quantitative estimate of drug-likeness (QED) is 0.0228. The zero-order valence-electron chi connectivity index (χ0n) is 49.2. The summed E-state index contributed by atoms with van der Waals surface area (Å²) in [5, 5.41) is 31.5. The first-order valence-corrected chi connectivity index (χ1v) is 31.6. The first-order valence-electron chi connectivity index (χ1n) is 31.6. The molecule has 0 radical (unpaired) electrons. The van der Waals surface area contributed by atoms with Crippen LogP contribution in [0.5, 0.6) is 0 Å². The number of unbranched alkanes of at least 4 members (excludes halogenated alkanes) is 32. The number of esters is 3. The maximum Gasteiger partial charge on any atom is 0.335 e. The molecular formula is C65H114O12. The number of carbonyl (C=O) groups excluding carboxylic acids is 3. The lowest BCUT2D eigenvalue weighted by molar-refractivity contribution is -0.301. The number of aliphatic carboxylic acids is 1. The Morgan fingerprint density at radius 3 is 1.19 bits per heavy atom. The molecule has 12 heteroatoms. The highest BCUT2D eigenvalue weighted by molar-refractivity contribution is 5.74. The van der Waals surface area contributed by atoms with Crippen LogP contribution in [0.4, 0.5) is 0 Å². The SMILES string of the molecule is CCCCC/C=C\C/C=C\CCCCCCCCCC(=O)OCC(COC1OC(C(=O)O)C(O)C(O)C1OC(=O)CCCCCCC/C=C\C/C=C\CCCCC)OC(=O)CCCCCCCCCCCCCCCCC. The highest BCUT2D eigenvalue weighted by Gasteiger charge is 2.50. The lowest BCUT2D eigenvalue weighted by atomic mass is 9.98. The summed E-state index contributed by atoms with van der Waals surface area (Å²) in [6, 6.07) is 0. The standard InChI is InChI=1S/C65H114O12/c1-4-7-10-13-16-19-22-25-28-29-32-33-36-39-42-45-48-51-57(66)73-54-56(75-58(67)52-49-46-43-40-37-34-30-26-23-20-17-14-11-8-5-2)55-74-65-63(61(70)60(69)62(77-65)64(71)72)76-59(68)53-50-47-44-41-38-35-31-27-24-21-18-15-12-9-6-3/h16,18-19,21,25,27-28,31,56,60-63,65,69-70H,4-15,17,20,22-24,26,29-30,32-55H2,1-3H3,(H,71,72)/b19-16-,21-18-,28-25-,31-27-. The molecule has 0 aliphatic carbocycles. The van der Waals surface area contributed by atoms with Crippen LogP contribution in [0.15, 0.2) is 48.6 Å². The lowest BCUT2D eigenvalue weighted by Crippen LogP contribution is -2.61. The second-order valence-electron chi connectivity index (χ2n) is 21.7. The van der Waals surface area contributed by atoms with Gasteiger partial charge in [-0.1, -0.05) is 236 Å². The maximum absolute atomic E-state index is 13.2. The fourth-order valence-electron chi connectivity index (χ4n) is 9.49. The van der Waals surface area contributed by atoms with E-state index in [1.54, 1.807) is 0 Å². The van der Waals surface area contributed by atoms with Crippen LogP contribution in [0.1, 0.15) is 290 Å². The summed E-state index contributed by atoms with van der Waals surface area (Å²) in [4.78, 5) is 51.2. The van der Waals surface area contributed by atoms with Crippen molar-refractivity contribution < 1.29 is 58.2 Å². The highest BCUT2D eigenvalue weighted by atomic mass is 16.7. The highest BCUT2D eigenvalue weighted by Crippen LogP contribution is 2.27. The van der Waals surface area contributed by atoms with Crippen LogP contribution in [0.3, 0.4) is 0 Å². The monoisotopic (exact) mass is 1090 g/mol. The largest absolute Gasteiger partial charge is 0.479 e. The second-order valence-corrected chi connectivity index (χ2v) is 21.7. The molecule has 1 aliphatic rings. The molecule has 1 saturated heterocycles. The van der Waals surface area contributed by atoms with Crippen LogP contribution in [0.2, 0.25) is 0 Å². The zero-order chi connectivity index (χ0) is 56.1. The third-order valence-corrected chi connectivity index (χ3v) is 14.4. The van der Waals surface area contributed by atoms with Gasteiger partial charge in [-0.2, -0.15) is 0 Å². The summed E-state index contributed by atoms with van der Waals surface area (Å²) in [7, 11) is 0. The van der Waals surface area contributed by atoms with Gasteiger partial charge < -0.3 is 39.0 Å². The van der Waals surface area contributed by atoms with Crippen molar-refractivity contribution in [3.05, 3.63) is 48.6 Å². The second kappa shape index (κ2) is 53.3. The number of aliphatic hydroxyl groups is 2. The molecule has 0 saturated carbocycles. The number of ether oxygens (including phenoxy) is 5. The molecule has 446 valence electrons. The Balaban J connectivity index is 2.68. The van der Waals surface area contributed by atoms with Crippen molar-refractivity contribution in [1.29, 1.82) is 0 Å². The van der Waals surface area contributed by atoms with Crippen molar-refractivity contribution in [2.75, 3.05) is 13.2 Å². The Morgan fingerprint density at radius 1 is 0.429 bits per heavy atom. The number of carboxylic acid groups (broad SMARTS) is 1. The topological polar surface area (TPSA) is 175 Å². The van der Waals surface area contributed by atoms with Crippen molar-refractivity contribution in [3.8, 4) is 0 Å². The van der Waals surface area contributed by atoms with E-state index >= 15 is 0 Å². The van der Waals surface area contributed by atoms with E-state index in [0.717, 1.165) is 103 Å². The number of allylic oxidation sites excluding steroid dienone is 8. The van der Waals surface area contributed by atoms with Crippen molar-refractivity contribution in [3.63, 3.8) is 0 Å². The van der Waals surface area contributed by atoms with Crippen molar-refractivity contribution in [2.24, 2.45) is 0 Å². The number of carbonyl (C=O) groups is 4. The Hall–Kier alpha value is -3.32. The predicted molar refractivity (Wildman–Crippen MR) is 312 cm³/mol. The normalized spacial score (nSPS) is 18.3. The number of carboxylic acids is 1. The van der Waals surface area contributed by atoms with Crippen molar-refractivity contribution >= 4 is 23.9 Å². The molecule has 3 N–H and O–H groups in total. The molecule has 12 nitrogen and oxygen atoms in total. The first kappa shape index (κ1) is 71.7. The minimum absolute atomic E-state index is 0.0456. The Bertz CT molecular complexity index is 1520.